The van der Waals surface area contributed by atoms with Gasteiger partial charge in [0.1, 0.15) is 5.75 Å². The standard InChI is InChI=1S/C16H21N3O/c1-19(11-13-7-9-18-10-8-13)12-16(17)14-3-5-15(20-2)6-4-14/h3-10,16H,11-12,17H2,1-2H3. The van der Waals surface area contributed by atoms with Crippen LogP contribution in [-0.2, 0) is 6.54 Å². The summed E-state index contributed by atoms with van der Waals surface area (Å²) >= 11 is 0. The molecule has 1 unspecified atom stereocenters. The molecule has 0 saturated carbocycles. The van der Waals surface area contributed by atoms with E-state index >= 15 is 0 Å². The van der Waals surface area contributed by atoms with E-state index in [0.717, 1.165) is 24.4 Å². The van der Waals surface area contributed by atoms with Crippen LogP contribution in [0.4, 0.5) is 0 Å². The van der Waals surface area contributed by atoms with Crippen molar-refractivity contribution in [1.82, 2.24) is 9.88 Å². The van der Waals surface area contributed by atoms with Gasteiger partial charge in [0.25, 0.3) is 0 Å². The Balaban J connectivity index is 1.91. The monoisotopic (exact) mass is 271 g/mol. The number of likely N-dealkylation sites (N-methyl/N-ethyl adjacent to an activating group) is 1. The second kappa shape index (κ2) is 7.03. The minimum Gasteiger partial charge on any atom is -0.497 e. The van der Waals surface area contributed by atoms with Crippen molar-refractivity contribution in [3.63, 3.8) is 0 Å². The van der Waals surface area contributed by atoms with Crippen molar-refractivity contribution in [3.8, 4) is 5.75 Å². The molecule has 1 aromatic heterocycles. The maximum Gasteiger partial charge on any atom is 0.118 e. The Bertz CT molecular complexity index is 513. The highest BCUT2D eigenvalue weighted by atomic mass is 16.5. The van der Waals surface area contributed by atoms with Crippen molar-refractivity contribution >= 4 is 0 Å². The van der Waals surface area contributed by atoms with Crippen LogP contribution < -0.4 is 10.5 Å². The smallest absolute Gasteiger partial charge is 0.118 e. The lowest BCUT2D eigenvalue weighted by molar-refractivity contribution is 0.305. The van der Waals surface area contributed by atoms with Gasteiger partial charge in [-0.3, -0.25) is 4.98 Å². The van der Waals surface area contributed by atoms with Crippen molar-refractivity contribution in [1.29, 1.82) is 0 Å². The van der Waals surface area contributed by atoms with Crippen LogP contribution >= 0.6 is 0 Å². The number of hydrogen-bond acceptors (Lipinski definition) is 4. The third kappa shape index (κ3) is 4.05. The molecular formula is C16H21N3O. The number of nitrogens with two attached hydrogens (primary N) is 1. The van der Waals surface area contributed by atoms with Crippen LogP contribution in [0.2, 0.25) is 0 Å². The third-order valence-electron chi connectivity index (χ3n) is 3.25. The summed E-state index contributed by atoms with van der Waals surface area (Å²) in [5.41, 5.74) is 8.60. The van der Waals surface area contributed by atoms with Gasteiger partial charge in [0, 0.05) is 31.5 Å². The molecule has 0 bridgehead atoms. The molecule has 0 saturated heterocycles. The van der Waals surface area contributed by atoms with Crippen LogP contribution in [0.15, 0.2) is 48.8 Å². The zero-order valence-corrected chi connectivity index (χ0v) is 12.0. The molecule has 0 radical (unpaired) electrons. The highest BCUT2D eigenvalue weighted by Crippen LogP contribution is 2.17. The van der Waals surface area contributed by atoms with Gasteiger partial charge in [-0.2, -0.15) is 0 Å². The Labute approximate surface area is 120 Å². The molecule has 1 aromatic carbocycles. The fourth-order valence-electron chi connectivity index (χ4n) is 2.16. The fourth-order valence-corrected chi connectivity index (χ4v) is 2.16. The topological polar surface area (TPSA) is 51.4 Å². The molecule has 0 aliphatic carbocycles. The van der Waals surface area contributed by atoms with E-state index in [1.807, 2.05) is 48.8 Å². The number of ether oxygens (including phenoxy) is 1. The van der Waals surface area contributed by atoms with Gasteiger partial charge in [0.15, 0.2) is 0 Å². The summed E-state index contributed by atoms with van der Waals surface area (Å²) in [6.07, 6.45) is 3.62. The quantitative estimate of drug-likeness (QED) is 0.875. The first kappa shape index (κ1) is 14.5. The Kier molecular flexibility index (Phi) is 5.09. The second-order valence-corrected chi connectivity index (χ2v) is 4.93. The van der Waals surface area contributed by atoms with Crippen LogP contribution in [0.5, 0.6) is 5.75 Å². The van der Waals surface area contributed by atoms with E-state index < -0.39 is 0 Å². The average Bonchev–Trinajstić information content (AvgIpc) is 2.48. The van der Waals surface area contributed by atoms with E-state index in [0.29, 0.717) is 0 Å². The number of benzene rings is 1. The molecule has 4 nitrogen and oxygen atoms in total. The summed E-state index contributed by atoms with van der Waals surface area (Å²) in [7, 11) is 3.74. The second-order valence-electron chi connectivity index (χ2n) is 4.93. The average molecular weight is 271 g/mol. The van der Waals surface area contributed by atoms with Crippen LogP contribution in [0.3, 0.4) is 0 Å². The molecule has 2 rings (SSSR count). The molecule has 0 spiro atoms. The Hall–Kier alpha value is -1.91. The third-order valence-corrected chi connectivity index (χ3v) is 3.25. The lowest BCUT2D eigenvalue weighted by atomic mass is 10.1. The van der Waals surface area contributed by atoms with Crippen LogP contribution in [0.1, 0.15) is 17.2 Å². The number of aromatic nitrogens is 1. The van der Waals surface area contributed by atoms with E-state index in [1.54, 1.807) is 7.11 Å². The number of rotatable bonds is 6. The summed E-state index contributed by atoms with van der Waals surface area (Å²) in [4.78, 5) is 6.23. The lowest BCUT2D eigenvalue weighted by Crippen LogP contribution is -2.28. The molecule has 2 N–H and O–H groups in total. The summed E-state index contributed by atoms with van der Waals surface area (Å²) < 4.78 is 5.15. The molecule has 1 heterocycles. The number of hydrogen-bond donors (Lipinski definition) is 1. The molecule has 0 aliphatic heterocycles. The van der Waals surface area contributed by atoms with Gasteiger partial charge in [-0.05, 0) is 42.4 Å². The van der Waals surface area contributed by atoms with Crippen LogP contribution in [0, 0.1) is 0 Å². The van der Waals surface area contributed by atoms with Crippen molar-refractivity contribution in [2.45, 2.75) is 12.6 Å². The van der Waals surface area contributed by atoms with Gasteiger partial charge in [0.05, 0.1) is 7.11 Å². The predicted molar refractivity (Wildman–Crippen MR) is 80.5 cm³/mol. The SMILES string of the molecule is COc1ccc(C(N)CN(C)Cc2ccncc2)cc1. The van der Waals surface area contributed by atoms with Crippen molar-refractivity contribution < 1.29 is 4.74 Å². The van der Waals surface area contributed by atoms with Gasteiger partial charge in [-0.1, -0.05) is 12.1 Å². The van der Waals surface area contributed by atoms with Gasteiger partial charge >= 0.3 is 0 Å². The van der Waals surface area contributed by atoms with Crippen molar-refractivity contribution in [2.75, 3.05) is 20.7 Å². The van der Waals surface area contributed by atoms with E-state index in [-0.39, 0.29) is 6.04 Å². The molecule has 0 fully saturated rings. The van der Waals surface area contributed by atoms with E-state index in [2.05, 4.69) is 16.9 Å². The number of nitrogens with zero attached hydrogens (tertiary/aromatic N) is 2. The van der Waals surface area contributed by atoms with E-state index in [4.69, 9.17) is 10.5 Å². The van der Waals surface area contributed by atoms with Crippen molar-refractivity contribution in [3.05, 3.63) is 59.9 Å². The number of methoxy groups -OCH3 is 1. The highest BCUT2D eigenvalue weighted by molar-refractivity contribution is 5.29. The molecule has 0 amide bonds. The van der Waals surface area contributed by atoms with Gasteiger partial charge in [-0.15, -0.1) is 0 Å². The summed E-state index contributed by atoms with van der Waals surface area (Å²) in [6, 6.07) is 12.0. The molecule has 0 aliphatic rings. The van der Waals surface area contributed by atoms with E-state index in [1.165, 1.54) is 5.56 Å². The zero-order chi connectivity index (χ0) is 14.4. The summed E-state index contributed by atoms with van der Waals surface area (Å²) in [5, 5.41) is 0. The lowest BCUT2D eigenvalue weighted by Gasteiger charge is -2.21. The Morgan fingerprint density at radius 1 is 1.15 bits per heavy atom. The largest absolute Gasteiger partial charge is 0.497 e. The maximum atomic E-state index is 6.25. The molecule has 4 heteroatoms. The molecule has 1 atom stereocenters. The fraction of sp³-hybridized carbons (Fsp3) is 0.312. The van der Waals surface area contributed by atoms with E-state index in [9.17, 15) is 0 Å². The van der Waals surface area contributed by atoms with Gasteiger partial charge in [-0.25, -0.2) is 0 Å². The Morgan fingerprint density at radius 2 is 1.80 bits per heavy atom. The highest BCUT2D eigenvalue weighted by Gasteiger charge is 2.09. The first-order valence-electron chi connectivity index (χ1n) is 6.66. The molecular weight excluding hydrogens is 250 g/mol. The van der Waals surface area contributed by atoms with Crippen LogP contribution in [0.25, 0.3) is 0 Å². The number of pyridine rings is 1. The van der Waals surface area contributed by atoms with Gasteiger partial charge < -0.3 is 15.4 Å². The van der Waals surface area contributed by atoms with Crippen LogP contribution in [-0.4, -0.2) is 30.6 Å². The predicted octanol–water partition coefficient (Wildman–Crippen LogP) is 2.22. The molecule has 2 aromatic rings. The minimum atomic E-state index is -0.00672. The molecule has 106 valence electrons. The van der Waals surface area contributed by atoms with Gasteiger partial charge in [0.2, 0.25) is 0 Å². The minimum absolute atomic E-state index is 0.00672. The maximum absolute atomic E-state index is 6.25. The molecule has 20 heavy (non-hydrogen) atoms. The summed E-state index contributed by atoms with van der Waals surface area (Å²) in [6.45, 7) is 1.67. The normalized spacial score (nSPS) is 12.4. The van der Waals surface area contributed by atoms with Crippen molar-refractivity contribution in [2.24, 2.45) is 5.73 Å². The Morgan fingerprint density at radius 3 is 2.40 bits per heavy atom. The first-order chi connectivity index (χ1) is 9.69. The first-order valence-corrected chi connectivity index (χ1v) is 6.66. The zero-order valence-electron chi connectivity index (χ0n) is 12.0. The summed E-state index contributed by atoms with van der Waals surface area (Å²) in [5.74, 6) is 0.853.